The van der Waals surface area contributed by atoms with Crippen molar-refractivity contribution < 1.29 is 34.0 Å². The van der Waals surface area contributed by atoms with Gasteiger partial charge < -0.3 is 29.7 Å². The first kappa shape index (κ1) is 27.3. The van der Waals surface area contributed by atoms with Crippen LogP contribution in [0.15, 0.2) is 42.5 Å². The molecule has 2 aromatic rings. The van der Waals surface area contributed by atoms with E-state index in [0.29, 0.717) is 25.8 Å². The normalized spacial score (nSPS) is 13.2. The number of hydrogen-bond donors (Lipinski definition) is 3. The summed E-state index contributed by atoms with van der Waals surface area (Å²) in [5, 5.41) is 18.9. The highest BCUT2D eigenvalue weighted by atomic mass is 35.5. The Balaban J connectivity index is 0.000000604. The molecule has 0 unspecified atom stereocenters. The van der Waals surface area contributed by atoms with E-state index in [1.807, 2.05) is 56.3 Å². The van der Waals surface area contributed by atoms with Crippen LogP contribution >= 0.6 is 11.6 Å². The monoisotopic (exact) mass is 493 g/mol. The second-order valence-electron chi connectivity index (χ2n) is 8.03. The van der Waals surface area contributed by atoms with Crippen molar-refractivity contribution >= 4 is 23.5 Å². The van der Waals surface area contributed by atoms with Gasteiger partial charge in [-0.2, -0.15) is 0 Å². The van der Waals surface area contributed by atoms with Crippen LogP contribution < -0.4 is 19.5 Å². The SMILES string of the molecule is CC(C)Oc1ccccc1OCCNCc1cc(OC2CCCC2)ccc1Cl.O=C(O)C(=O)O. The quantitative estimate of drug-likeness (QED) is 0.320. The molecule has 0 atom stereocenters. The van der Waals surface area contributed by atoms with Crippen LogP contribution in [0.4, 0.5) is 0 Å². The van der Waals surface area contributed by atoms with E-state index in [2.05, 4.69) is 5.32 Å². The summed E-state index contributed by atoms with van der Waals surface area (Å²) in [4.78, 5) is 18.2. The zero-order valence-electron chi connectivity index (χ0n) is 19.5. The van der Waals surface area contributed by atoms with Gasteiger partial charge >= 0.3 is 11.9 Å². The van der Waals surface area contributed by atoms with Gasteiger partial charge in [0.25, 0.3) is 0 Å². The molecule has 1 aliphatic carbocycles. The highest BCUT2D eigenvalue weighted by Gasteiger charge is 2.17. The van der Waals surface area contributed by atoms with Crippen molar-refractivity contribution in [2.45, 2.75) is 58.3 Å². The first-order valence-electron chi connectivity index (χ1n) is 11.3. The molecule has 186 valence electrons. The molecule has 0 aromatic heterocycles. The molecule has 3 N–H and O–H groups in total. The lowest BCUT2D eigenvalue weighted by Crippen LogP contribution is -2.21. The maximum absolute atomic E-state index is 9.10. The summed E-state index contributed by atoms with van der Waals surface area (Å²) < 4.78 is 17.7. The van der Waals surface area contributed by atoms with Crippen LogP contribution in [0.1, 0.15) is 45.1 Å². The van der Waals surface area contributed by atoms with E-state index >= 15 is 0 Å². The molecular formula is C25H32ClNO7. The molecule has 0 amide bonds. The third-order valence-corrected chi connectivity index (χ3v) is 5.24. The van der Waals surface area contributed by atoms with E-state index < -0.39 is 11.9 Å². The number of carboxylic acids is 2. The van der Waals surface area contributed by atoms with Gasteiger partial charge in [0.2, 0.25) is 0 Å². The minimum absolute atomic E-state index is 0.115. The molecule has 3 rings (SSSR count). The molecule has 0 spiro atoms. The predicted octanol–water partition coefficient (Wildman–Crippen LogP) is 4.77. The van der Waals surface area contributed by atoms with Crippen LogP contribution in [0.5, 0.6) is 17.2 Å². The van der Waals surface area contributed by atoms with Crippen LogP contribution in [-0.2, 0) is 16.1 Å². The summed E-state index contributed by atoms with van der Waals surface area (Å²) in [6, 6.07) is 13.7. The number of aliphatic carboxylic acids is 2. The number of nitrogens with one attached hydrogen (secondary N) is 1. The molecule has 1 fully saturated rings. The Labute approximate surface area is 204 Å². The van der Waals surface area contributed by atoms with Crippen molar-refractivity contribution in [1.29, 1.82) is 0 Å². The van der Waals surface area contributed by atoms with Gasteiger partial charge in [0.15, 0.2) is 11.5 Å². The smallest absolute Gasteiger partial charge is 0.414 e. The Morgan fingerprint density at radius 1 is 1.06 bits per heavy atom. The van der Waals surface area contributed by atoms with Crippen molar-refractivity contribution in [3.05, 3.63) is 53.1 Å². The van der Waals surface area contributed by atoms with Gasteiger partial charge in [-0.15, -0.1) is 0 Å². The van der Waals surface area contributed by atoms with Gasteiger partial charge in [-0.25, -0.2) is 9.59 Å². The summed E-state index contributed by atoms with van der Waals surface area (Å²) in [5.74, 6) is -1.20. The summed E-state index contributed by atoms with van der Waals surface area (Å²) in [6.07, 6.45) is 5.29. The van der Waals surface area contributed by atoms with Crippen LogP contribution in [0.2, 0.25) is 5.02 Å². The summed E-state index contributed by atoms with van der Waals surface area (Å²) in [6.45, 7) is 5.95. The Kier molecular flexibility index (Phi) is 11.5. The highest BCUT2D eigenvalue weighted by molar-refractivity contribution is 6.31. The van der Waals surface area contributed by atoms with Gasteiger partial charge in [-0.3, -0.25) is 0 Å². The fraction of sp³-hybridized carbons (Fsp3) is 0.440. The molecule has 2 aromatic carbocycles. The molecule has 1 saturated carbocycles. The number of ether oxygens (including phenoxy) is 3. The summed E-state index contributed by atoms with van der Waals surface area (Å²) in [7, 11) is 0. The molecule has 0 heterocycles. The van der Waals surface area contributed by atoms with E-state index in [1.165, 1.54) is 12.8 Å². The standard InChI is InChI=1S/C23H30ClNO3.C2H2O4/c1-17(2)27-23-10-6-5-9-22(23)26-14-13-25-16-18-15-20(11-12-21(18)24)28-19-7-3-4-8-19;3-1(4)2(5)6/h5-6,9-12,15,17,19,25H,3-4,7-8,13-14,16H2,1-2H3;(H,3,4)(H,5,6). The fourth-order valence-electron chi connectivity index (χ4n) is 3.34. The van der Waals surface area contributed by atoms with E-state index in [0.717, 1.165) is 40.7 Å². The van der Waals surface area contributed by atoms with E-state index in [4.69, 9.17) is 45.6 Å². The number of para-hydroxylation sites is 2. The van der Waals surface area contributed by atoms with Gasteiger partial charge in [0, 0.05) is 18.1 Å². The zero-order valence-corrected chi connectivity index (χ0v) is 20.2. The Bertz CT molecular complexity index is 917. The van der Waals surface area contributed by atoms with Crippen molar-refractivity contribution in [2.24, 2.45) is 0 Å². The molecule has 0 radical (unpaired) electrons. The topological polar surface area (TPSA) is 114 Å². The maximum atomic E-state index is 9.10. The molecule has 8 nitrogen and oxygen atoms in total. The number of halogens is 1. The van der Waals surface area contributed by atoms with Crippen LogP contribution in [0.3, 0.4) is 0 Å². The average molecular weight is 494 g/mol. The van der Waals surface area contributed by atoms with Crippen molar-refractivity contribution in [2.75, 3.05) is 13.2 Å². The molecule has 1 aliphatic rings. The van der Waals surface area contributed by atoms with Crippen molar-refractivity contribution in [3.8, 4) is 17.2 Å². The predicted molar refractivity (Wildman–Crippen MR) is 129 cm³/mol. The summed E-state index contributed by atoms with van der Waals surface area (Å²) >= 11 is 6.35. The first-order valence-corrected chi connectivity index (χ1v) is 11.6. The number of carbonyl (C=O) groups is 2. The van der Waals surface area contributed by atoms with Gasteiger partial charge in [-0.1, -0.05) is 23.7 Å². The van der Waals surface area contributed by atoms with Gasteiger partial charge in [-0.05, 0) is 75.4 Å². The fourth-order valence-corrected chi connectivity index (χ4v) is 3.52. The molecule has 9 heteroatoms. The minimum Gasteiger partial charge on any atom is -0.490 e. The lowest BCUT2D eigenvalue weighted by atomic mass is 10.2. The minimum atomic E-state index is -1.82. The summed E-state index contributed by atoms with van der Waals surface area (Å²) in [5.41, 5.74) is 1.04. The molecule has 0 saturated heterocycles. The lowest BCUT2D eigenvalue weighted by molar-refractivity contribution is -0.159. The Morgan fingerprint density at radius 2 is 1.71 bits per heavy atom. The molecular weight excluding hydrogens is 462 g/mol. The van der Waals surface area contributed by atoms with Gasteiger partial charge in [0.05, 0.1) is 12.2 Å². The third-order valence-electron chi connectivity index (χ3n) is 4.87. The van der Waals surface area contributed by atoms with E-state index in [1.54, 1.807) is 0 Å². The number of hydrogen-bond acceptors (Lipinski definition) is 6. The molecule has 0 aliphatic heterocycles. The number of carboxylic acid groups (broad SMARTS) is 2. The van der Waals surface area contributed by atoms with Crippen LogP contribution in [0, 0.1) is 0 Å². The lowest BCUT2D eigenvalue weighted by Gasteiger charge is -2.16. The highest BCUT2D eigenvalue weighted by Crippen LogP contribution is 2.28. The Morgan fingerprint density at radius 3 is 2.32 bits per heavy atom. The first-order chi connectivity index (χ1) is 16.3. The third kappa shape index (κ3) is 9.89. The molecule has 0 bridgehead atoms. The molecule has 34 heavy (non-hydrogen) atoms. The van der Waals surface area contributed by atoms with Gasteiger partial charge in [0.1, 0.15) is 12.4 Å². The van der Waals surface area contributed by atoms with Crippen LogP contribution in [0.25, 0.3) is 0 Å². The Hall–Kier alpha value is -2.97. The maximum Gasteiger partial charge on any atom is 0.414 e. The number of rotatable bonds is 10. The van der Waals surface area contributed by atoms with E-state index in [-0.39, 0.29) is 6.10 Å². The van der Waals surface area contributed by atoms with Crippen LogP contribution in [-0.4, -0.2) is 47.5 Å². The zero-order chi connectivity index (χ0) is 24.9. The second kappa shape index (κ2) is 14.3. The van der Waals surface area contributed by atoms with Crippen molar-refractivity contribution in [3.63, 3.8) is 0 Å². The number of benzene rings is 2. The largest absolute Gasteiger partial charge is 0.490 e. The average Bonchev–Trinajstić information content (AvgIpc) is 3.29. The van der Waals surface area contributed by atoms with E-state index in [9.17, 15) is 0 Å². The second-order valence-corrected chi connectivity index (χ2v) is 8.43. The van der Waals surface area contributed by atoms with Crippen molar-refractivity contribution in [1.82, 2.24) is 5.32 Å².